The Morgan fingerprint density at radius 1 is 1.38 bits per heavy atom. The number of amides is 1. The molecule has 1 saturated carbocycles. The molecule has 4 rings (SSSR count). The lowest BCUT2D eigenvalue weighted by atomic mass is 10.1. The van der Waals surface area contributed by atoms with Gasteiger partial charge in [0.05, 0.1) is 12.2 Å². The molecule has 0 saturated heterocycles. The first-order valence-electron chi connectivity index (χ1n) is 8.94. The largest absolute Gasteiger partial charge is 0.347 e. The third kappa shape index (κ3) is 3.48. The molecular formula is C19H25N5O2. The van der Waals surface area contributed by atoms with Crippen LogP contribution in [0.25, 0.3) is 22.4 Å². The summed E-state index contributed by atoms with van der Waals surface area (Å²) in [5.74, 6) is 1.25. The molecule has 1 aliphatic carbocycles. The predicted octanol–water partition coefficient (Wildman–Crippen LogP) is 2.62. The lowest BCUT2D eigenvalue weighted by Crippen LogP contribution is -2.24. The summed E-state index contributed by atoms with van der Waals surface area (Å²) in [5.41, 5.74) is 7.83. The highest BCUT2D eigenvalue weighted by atomic mass is 16.5. The van der Waals surface area contributed by atoms with Crippen molar-refractivity contribution in [2.45, 2.75) is 39.8 Å². The topological polar surface area (TPSA) is 99.0 Å². The van der Waals surface area contributed by atoms with Crippen LogP contribution in [-0.2, 0) is 17.9 Å². The van der Waals surface area contributed by atoms with E-state index in [-0.39, 0.29) is 18.4 Å². The average molecular weight is 355 g/mol. The van der Waals surface area contributed by atoms with Crippen molar-refractivity contribution >= 4 is 16.8 Å². The van der Waals surface area contributed by atoms with Crippen molar-refractivity contribution in [1.82, 2.24) is 20.0 Å². The van der Waals surface area contributed by atoms with Crippen molar-refractivity contribution in [2.24, 2.45) is 11.7 Å². The lowest BCUT2D eigenvalue weighted by Gasteiger charge is -2.04. The summed E-state index contributed by atoms with van der Waals surface area (Å²) in [6, 6.07) is 8.36. The number of carbonyl (C=O) groups is 1. The standard InChI is InChI=1S/C18H20N4O2.CH5N/c1-3-22-14-6-4-5-11(2)13(14)9-15(22)17-20-16(24-21-17)10-19-18(23)12-7-8-12;1-2/h4-6,9,12H,3,7-8,10H2,1-2H3,(H,19,23);2H2,1H3. The van der Waals surface area contributed by atoms with E-state index < -0.39 is 0 Å². The zero-order valence-electron chi connectivity index (χ0n) is 15.5. The molecule has 3 aromatic rings. The molecule has 0 atom stereocenters. The van der Waals surface area contributed by atoms with Crippen LogP contribution >= 0.6 is 0 Å². The highest BCUT2D eigenvalue weighted by molar-refractivity contribution is 5.88. The van der Waals surface area contributed by atoms with Crippen LogP contribution in [0.5, 0.6) is 0 Å². The smallest absolute Gasteiger partial charge is 0.246 e. The molecule has 1 fully saturated rings. The minimum atomic E-state index is 0.0769. The van der Waals surface area contributed by atoms with E-state index >= 15 is 0 Å². The van der Waals surface area contributed by atoms with Gasteiger partial charge in [-0.25, -0.2) is 0 Å². The third-order valence-electron chi connectivity index (χ3n) is 4.54. The SMILES string of the molecule is CCn1c(-c2noc(CNC(=O)C3CC3)n2)cc2c(C)cccc21.CN. The van der Waals surface area contributed by atoms with Crippen LogP contribution in [0.15, 0.2) is 28.8 Å². The van der Waals surface area contributed by atoms with Gasteiger partial charge in [-0.1, -0.05) is 17.3 Å². The summed E-state index contributed by atoms with van der Waals surface area (Å²) in [5, 5.41) is 8.15. The lowest BCUT2D eigenvalue weighted by molar-refractivity contribution is -0.122. The van der Waals surface area contributed by atoms with Gasteiger partial charge in [-0.05, 0) is 51.4 Å². The number of benzene rings is 1. The molecule has 2 aromatic heterocycles. The molecule has 0 radical (unpaired) electrons. The number of hydrogen-bond acceptors (Lipinski definition) is 5. The Morgan fingerprint density at radius 2 is 2.15 bits per heavy atom. The minimum Gasteiger partial charge on any atom is -0.347 e. The Bertz CT molecular complexity index is 908. The van der Waals surface area contributed by atoms with E-state index in [4.69, 9.17) is 4.52 Å². The molecular weight excluding hydrogens is 330 g/mol. The van der Waals surface area contributed by atoms with Crippen LogP contribution in [0.4, 0.5) is 0 Å². The van der Waals surface area contributed by atoms with Gasteiger partial charge in [0.15, 0.2) is 0 Å². The van der Waals surface area contributed by atoms with E-state index in [2.05, 4.69) is 63.9 Å². The highest BCUT2D eigenvalue weighted by Gasteiger charge is 2.29. The molecule has 0 spiro atoms. The molecule has 0 aliphatic heterocycles. The van der Waals surface area contributed by atoms with Crippen molar-refractivity contribution in [3.05, 3.63) is 35.7 Å². The monoisotopic (exact) mass is 355 g/mol. The molecule has 0 bridgehead atoms. The first kappa shape index (κ1) is 18.1. The van der Waals surface area contributed by atoms with Gasteiger partial charge in [0.2, 0.25) is 17.6 Å². The Balaban J connectivity index is 0.000000948. The number of rotatable bonds is 5. The number of nitrogens with zero attached hydrogens (tertiary/aromatic N) is 3. The number of aryl methyl sites for hydroxylation is 2. The summed E-state index contributed by atoms with van der Waals surface area (Å²) in [4.78, 5) is 16.2. The molecule has 7 nitrogen and oxygen atoms in total. The fourth-order valence-corrected chi connectivity index (χ4v) is 3.04. The molecule has 26 heavy (non-hydrogen) atoms. The van der Waals surface area contributed by atoms with E-state index in [9.17, 15) is 4.79 Å². The second-order valence-electron chi connectivity index (χ2n) is 6.29. The fourth-order valence-electron chi connectivity index (χ4n) is 3.04. The average Bonchev–Trinajstić information content (AvgIpc) is 3.29. The van der Waals surface area contributed by atoms with Crippen LogP contribution in [0, 0.1) is 12.8 Å². The van der Waals surface area contributed by atoms with Crippen molar-refractivity contribution in [2.75, 3.05) is 7.05 Å². The number of carbonyl (C=O) groups excluding carboxylic acids is 1. The van der Waals surface area contributed by atoms with Crippen molar-refractivity contribution < 1.29 is 9.32 Å². The number of nitrogens with one attached hydrogen (secondary N) is 1. The van der Waals surface area contributed by atoms with E-state index in [1.165, 1.54) is 23.5 Å². The van der Waals surface area contributed by atoms with E-state index in [0.717, 1.165) is 25.1 Å². The van der Waals surface area contributed by atoms with Gasteiger partial charge < -0.3 is 20.1 Å². The van der Waals surface area contributed by atoms with E-state index in [0.29, 0.717) is 11.7 Å². The first-order valence-corrected chi connectivity index (χ1v) is 8.94. The number of hydrogen-bond donors (Lipinski definition) is 2. The van der Waals surface area contributed by atoms with Gasteiger partial charge in [0.25, 0.3) is 0 Å². The van der Waals surface area contributed by atoms with E-state index in [1.807, 2.05) is 0 Å². The van der Waals surface area contributed by atoms with Gasteiger partial charge in [-0.15, -0.1) is 0 Å². The summed E-state index contributed by atoms with van der Waals surface area (Å²) >= 11 is 0. The third-order valence-corrected chi connectivity index (χ3v) is 4.54. The maximum atomic E-state index is 11.7. The molecule has 3 N–H and O–H groups in total. The highest BCUT2D eigenvalue weighted by Crippen LogP contribution is 2.30. The second-order valence-corrected chi connectivity index (χ2v) is 6.29. The fraction of sp³-hybridized carbons (Fsp3) is 0.421. The quantitative estimate of drug-likeness (QED) is 0.733. The molecule has 1 aromatic carbocycles. The number of fused-ring (bicyclic) bond motifs is 1. The predicted molar refractivity (Wildman–Crippen MR) is 100 cm³/mol. The minimum absolute atomic E-state index is 0.0769. The maximum absolute atomic E-state index is 11.7. The van der Waals surface area contributed by atoms with E-state index in [1.54, 1.807) is 0 Å². The molecule has 1 amide bonds. The van der Waals surface area contributed by atoms with Crippen molar-refractivity contribution in [3.8, 4) is 11.5 Å². The Kier molecular flexibility index (Phi) is 5.37. The van der Waals surface area contributed by atoms with Gasteiger partial charge in [-0.2, -0.15) is 4.98 Å². The van der Waals surface area contributed by atoms with Crippen LogP contribution in [0.1, 0.15) is 31.2 Å². The molecule has 7 heteroatoms. The summed E-state index contributed by atoms with van der Waals surface area (Å²) in [6.07, 6.45) is 1.97. The maximum Gasteiger partial charge on any atom is 0.246 e. The normalized spacial score (nSPS) is 13.4. The van der Waals surface area contributed by atoms with Gasteiger partial charge >= 0.3 is 0 Å². The number of nitrogens with two attached hydrogens (primary N) is 1. The number of aromatic nitrogens is 3. The second kappa shape index (κ2) is 7.70. The molecule has 2 heterocycles. The zero-order valence-corrected chi connectivity index (χ0v) is 15.5. The Hall–Kier alpha value is -2.67. The summed E-state index contributed by atoms with van der Waals surface area (Å²) in [6.45, 7) is 5.31. The first-order chi connectivity index (χ1) is 12.7. The van der Waals surface area contributed by atoms with Gasteiger partial charge in [0.1, 0.15) is 0 Å². The van der Waals surface area contributed by atoms with Crippen molar-refractivity contribution in [1.29, 1.82) is 0 Å². The van der Waals surface area contributed by atoms with Crippen LogP contribution in [0.2, 0.25) is 0 Å². The summed E-state index contributed by atoms with van der Waals surface area (Å²) in [7, 11) is 1.50. The molecule has 0 unspecified atom stereocenters. The molecule has 138 valence electrons. The van der Waals surface area contributed by atoms with Crippen LogP contribution < -0.4 is 11.1 Å². The van der Waals surface area contributed by atoms with Crippen LogP contribution in [-0.4, -0.2) is 27.7 Å². The van der Waals surface area contributed by atoms with Crippen molar-refractivity contribution in [3.63, 3.8) is 0 Å². The zero-order chi connectivity index (χ0) is 18.7. The summed E-state index contributed by atoms with van der Waals surface area (Å²) < 4.78 is 7.49. The van der Waals surface area contributed by atoms with Gasteiger partial charge in [-0.3, -0.25) is 4.79 Å². The Morgan fingerprint density at radius 3 is 2.85 bits per heavy atom. The van der Waals surface area contributed by atoms with Crippen LogP contribution in [0.3, 0.4) is 0 Å². The molecule has 1 aliphatic rings. The Labute approximate surface area is 152 Å². The van der Waals surface area contributed by atoms with Gasteiger partial charge in [0, 0.05) is 23.4 Å².